The van der Waals surface area contributed by atoms with Gasteiger partial charge < -0.3 is 10.6 Å². The van der Waals surface area contributed by atoms with E-state index in [9.17, 15) is 4.79 Å². The van der Waals surface area contributed by atoms with Crippen LogP contribution in [0.4, 0.5) is 0 Å². The Balaban J connectivity index is 2.08. The molecule has 2 N–H and O–H groups in total. The Morgan fingerprint density at radius 2 is 2.12 bits per heavy atom. The summed E-state index contributed by atoms with van der Waals surface area (Å²) < 4.78 is 0. The molecule has 2 rings (SSSR count). The molecule has 17 heavy (non-hydrogen) atoms. The summed E-state index contributed by atoms with van der Waals surface area (Å²) in [5.41, 5.74) is 5.29. The predicted molar refractivity (Wildman–Crippen MR) is 68.6 cm³/mol. The number of amides is 1. The lowest BCUT2D eigenvalue weighted by molar-refractivity contribution is -0.145. The minimum absolute atomic E-state index is 0.221. The van der Waals surface area contributed by atoms with Gasteiger partial charge in [-0.2, -0.15) is 0 Å². The zero-order valence-corrected chi connectivity index (χ0v) is 11.3. The molecule has 2 saturated heterocycles. The smallest absolute Gasteiger partial charge is 0.229 e. The number of nitrogens with zero attached hydrogens (tertiary/aromatic N) is 2. The summed E-state index contributed by atoms with van der Waals surface area (Å²) in [5, 5.41) is 0. The van der Waals surface area contributed by atoms with Crippen LogP contribution in [-0.2, 0) is 4.79 Å². The van der Waals surface area contributed by atoms with Gasteiger partial charge in [-0.25, -0.2) is 0 Å². The highest BCUT2D eigenvalue weighted by Gasteiger charge is 2.40. The van der Waals surface area contributed by atoms with Gasteiger partial charge in [-0.15, -0.1) is 0 Å². The molecule has 0 bridgehead atoms. The van der Waals surface area contributed by atoms with Crippen LogP contribution in [0.2, 0.25) is 0 Å². The quantitative estimate of drug-likeness (QED) is 0.770. The lowest BCUT2D eigenvalue weighted by atomic mass is 9.90. The maximum absolute atomic E-state index is 12.5. The average Bonchev–Trinajstić information content (AvgIpc) is 2.73. The molecule has 2 atom stereocenters. The first kappa shape index (κ1) is 12.8. The summed E-state index contributed by atoms with van der Waals surface area (Å²) >= 11 is 0. The van der Waals surface area contributed by atoms with E-state index in [4.69, 9.17) is 5.73 Å². The van der Waals surface area contributed by atoms with Gasteiger partial charge in [0, 0.05) is 31.7 Å². The summed E-state index contributed by atoms with van der Waals surface area (Å²) in [5.74, 6) is 0.221. The third-order valence-electron chi connectivity index (χ3n) is 4.29. The van der Waals surface area contributed by atoms with Crippen LogP contribution in [0.1, 0.15) is 33.6 Å². The molecule has 0 radical (unpaired) electrons. The molecule has 0 aliphatic carbocycles. The normalized spacial score (nSPS) is 30.5. The minimum Gasteiger partial charge on any atom is -0.337 e. The number of nitrogens with two attached hydrogens (primary N) is 1. The van der Waals surface area contributed by atoms with E-state index in [1.165, 1.54) is 19.4 Å². The van der Waals surface area contributed by atoms with Gasteiger partial charge in [-0.3, -0.25) is 9.69 Å². The number of hydrogen-bond donors (Lipinski definition) is 1. The van der Waals surface area contributed by atoms with Crippen LogP contribution in [0.25, 0.3) is 0 Å². The molecule has 4 heteroatoms. The Hall–Kier alpha value is -0.610. The number of hydrogen-bond acceptors (Lipinski definition) is 3. The molecule has 2 unspecified atom stereocenters. The molecule has 0 aromatic rings. The van der Waals surface area contributed by atoms with Crippen molar-refractivity contribution >= 4 is 5.91 Å². The molecule has 0 aromatic heterocycles. The molecule has 2 fully saturated rings. The van der Waals surface area contributed by atoms with Crippen molar-refractivity contribution in [1.29, 1.82) is 0 Å². The van der Waals surface area contributed by atoms with Gasteiger partial charge in [-0.05, 0) is 40.2 Å². The van der Waals surface area contributed by atoms with Gasteiger partial charge in [0.1, 0.15) is 0 Å². The number of fused-ring (bicyclic) bond motifs is 1. The maximum Gasteiger partial charge on any atom is 0.229 e. The fraction of sp³-hybridized carbons (Fsp3) is 0.923. The van der Waals surface area contributed by atoms with Crippen LogP contribution < -0.4 is 5.73 Å². The first-order valence-electron chi connectivity index (χ1n) is 6.71. The van der Waals surface area contributed by atoms with E-state index < -0.39 is 5.41 Å². The van der Waals surface area contributed by atoms with Gasteiger partial charge in [0.05, 0.1) is 5.41 Å². The SMILES string of the molecule is CC1CN2CCCC2CN1C(=O)C(C)(C)CN. The molecule has 2 aliphatic heterocycles. The first-order chi connectivity index (χ1) is 7.95. The fourth-order valence-electron chi connectivity index (χ4n) is 2.95. The van der Waals surface area contributed by atoms with Crippen molar-refractivity contribution in [2.24, 2.45) is 11.1 Å². The summed E-state index contributed by atoms with van der Waals surface area (Å²) in [6, 6.07) is 0.909. The Bertz CT molecular complexity index is 303. The predicted octanol–water partition coefficient (Wildman–Crippen LogP) is 0.666. The molecule has 4 nitrogen and oxygen atoms in total. The van der Waals surface area contributed by atoms with E-state index in [1.54, 1.807) is 0 Å². The number of piperazine rings is 1. The largest absolute Gasteiger partial charge is 0.337 e. The Kier molecular flexibility index (Phi) is 3.46. The van der Waals surface area contributed by atoms with Crippen LogP contribution in [-0.4, -0.2) is 54.0 Å². The van der Waals surface area contributed by atoms with E-state index >= 15 is 0 Å². The summed E-state index contributed by atoms with van der Waals surface area (Å²) in [6.07, 6.45) is 2.51. The molecule has 0 saturated carbocycles. The lowest BCUT2D eigenvalue weighted by Crippen LogP contribution is -2.59. The maximum atomic E-state index is 12.5. The third kappa shape index (κ3) is 2.33. The van der Waals surface area contributed by atoms with Crippen LogP contribution in [0, 0.1) is 5.41 Å². The zero-order valence-electron chi connectivity index (χ0n) is 11.3. The molecular formula is C13H25N3O. The van der Waals surface area contributed by atoms with Crippen LogP contribution in [0.3, 0.4) is 0 Å². The van der Waals surface area contributed by atoms with E-state index in [1.807, 2.05) is 13.8 Å². The molecular weight excluding hydrogens is 214 g/mol. The monoisotopic (exact) mass is 239 g/mol. The van der Waals surface area contributed by atoms with E-state index in [0.717, 1.165) is 13.1 Å². The highest BCUT2D eigenvalue weighted by Crippen LogP contribution is 2.28. The second-order valence-corrected chi connectivity index (χ2v) is 6.19. The minimum atomic E-state index is -0.422. The zero-order chi connectivity index (χ0) is 12.6. The van der Waals surface area contributed by atoms with Crippen molar-refractivity contribution in [2.45, 2.75) is 45.7 Å². The van der Waals surface area contributed by atoms with Crippen molar-refractivity contribution < 1.29 is 4.79 Å². The highest BCUT2D eigenvalue weighted by molar-refractivity contribution is 5.82. The Labute approximate surface area is 104 Å². The summed E-state index contributed by atoms with van der Waals surface area (Å²) in [7, 11) is 0. The first-order valence-corrected chi connectivity index (χ1v) is 6.71. The molecule has 2 aliphatic rings. The molecule has 1 amide bonds. The average molecular weight is 239 g/mol. The summed E-state index contributed by atoms with van der Waals surface area (Å²) in [4.78, 5) is 17.1. The Morgan fingerprint density at radius 3 is 2.76 bits per heavy atom. The lowest BCUT2D eigenvalue weighted by Gasteiger charge is -2.44. The summed E-state index contributed by atoms with van der Waals surface area (Å²) in [6.45, 7) is 9.59. The number of carbonyl (C=O) groups excluding carboxylic acids is 1. The van der Waals surface area contributed by atoms with Gasteiger partial charge in [0.25, 0.3) is 0 Å². The van der Waals surface area contributed by atoms with E-state index in [0.29, 0.717) is 18.6 Å². The Morgan fingerprint density at radius 1 is 1.41 bits per heavy atom. The molecule has 98 valence electrons. The topological polar surface area (TPSA) is 49.6 Å². The van der Waals surface area contributed by atoms with Crippen molar-refractivity contribution in [3.8, 4) is 0 Å². The van der Waals surface area contributed by atoms with Crippen molar-refractivity contribution in [2.75, 3.05) is 26.2 Å². The fourth-order valence-corrected chi connectivity index (χ4v) is 2.95. The van der Waals surface area contributed by atoms with E-state index in [2.05, 4.69) is 16.7 Å². The van der Waals surface area contributed by atoms with Crippen LogP contribution in [0.15, 0.2) is 0 Å². The van der Waals surface area contributed by atoms with Crippen molar-refractivity contribution in [3.63, 3.8) is 0 Å². The van der Waals surface area contributed by atoms with Crippen molar-refractivity contribution in [1.82, 2.24) is 9.80 Å². The van der Waals surface area contributed by atoms with Gasteiger partial charge in [-0.1, -0.05) is 0 Å². The number of carbonyl (C=O) groups is 1. The van der Waals surface area contributed by atoms with E-state index in [-0.39, 0.29) is 5.91 Å². The molecule has 0 spiro atoms. The van der Waals surface area contributed by atoms with Crippen molar-refractivity contribution in [3.05, 3.63) is 0 Å². The third-order valence-corrected chi connectivity index (χ3v) is 4.29. The standard InChI is InChI=1S/C13H25N3O/c1-10-7-15-6-4-5-11(15)8-16(10)12(17)13(2,3)9-14/h10-11H,4-9,14H2,1-3H3. The van der Waals surface area contributed by atoms with Gasteiger partial charge in [0.2, 0.25) is 5.91 Å². The second kappa shape index (κ2) is 4.58. The van der Waals surface area contributed by atoms with Gasteiger partial charge in [0.15, 0.2) is 0 Å². The highest BCUT2D eigenvalue weighted by atomic mass is 16.2. The second-order valence-electron chi connectivity index (χ2n) is 6.19. The van der Waals surface area contributed by atoms with Crippen LogP contribution in [0.5, 0.6) is 0 Å². The molecule has 0 aromatic carbocycles. The number of rotatable bonds is 2. The van der Waals surface area contributed by atoms with Crippen LogP contribution >= 0.6 is 0 Å². The molecule has 2 heterocycles. The van der Waals surface area contributed by atoms with Gasteiger partial charge >= 0.3 is 0 Å².